The van der Waals surface area contributed by atoms with Crippen molar-refractivity contribution in [2.24, 2.45) is 0 Å². The fourth-order valence-electron chi connectivity index (χ4n) is 6.87. The number of benzene rings is 2. The number of hydrogen-bond donors (Lipinski definition) is 2. The zero-order valence-electron chi connectivity index (χ0n) is 22.1. The number of nitrogens with one attached hydrogen (secondary N) is 2. The fraction of sp³-hybridized carbons (Fsp3) is 0.500. The Bertz CT molecular complexity index is 1340. The largest absolute Gasteiger partial charge is 0.495 e. The van der Waals surface area contributed by atoms with Crippen LogP contribution >= 0.6 is 0 Å². The topological polar surface area (TPSA) is 59.2 Å². The predicted molar refractivity (Wildman–Crippen MR) is 145 cm³/mol. The summed E-state index contributed by atoms with van der Waals surface area (Å²) < 4.78 is 26.6. The number of aromatic amines is 1. The van der Waals surface area contributed by atoms with E-state index in [0.717, 1.165) is 17.1 Å². The molecular weight excluding hydrogens is 464 g/mol. The van der Waals surface area contributed by atoms with E-state index in [0.29, 0.717) is 24.8 Å². The van der Waals surface area contributed by atoms with E-state index in [9.17, 15) is 4.39 Å². The molecule has 192 valence electrons. The summed E-state index contributed by atoms with van der Waals surface area (Å²) in [6, 6.07) is 13.3. The first kappa shape index (κ1) is 23.6. The molecule has 3 aromatic rings. The highest BCUT2D eigenvalue weighted by Gasteiger charge is 2.53. The second-order valence-electron chi connectivity index (χ2n) is 12.4. The first-order valence-corrected chi connectivity index (χ1v) is 13.8. The van der Waals surface area contributed by atoms with Gasteiger partial charge in [-0.05, 0) is 92.1 Å². The third-order valence-electron chi connectivity index (χ3n) is 9.59. The monoisotopic (exact) mass is 499 g/mol. The lowest BCUT2D eigenvalue weighted by molar-refractivity contribution is 0.00578. The lowest BCUT2D eigenvalue weighted by Crippen LogP contribution is -2.41. The molecule has 37 heavy (non-hydrogen) atoms. The molecule has 2 saturated heterocycles. The van der Waals surface area contributed by atoms with E-state index in [4.69, 9.17) is 9.31 Å². The molecule has 1 aromatic heterocycles. The van der Waals surface area contributed by atoms with Crippen LogP contribution in [-0.4, -0.2) is 41.0 Å². The van der Waals surface area contributed by atoms with Crippen LogP contribution in [0, 0.1) is 0 Å². The zero-order chi connectivity index (χ0) is 25.5. The number of alkyl halides is 1. The van der Waals surface area contributed by atoms with Gasteiger partial charge in [-0.2, -0.15) is 0 Å². The third kappa shape index (κ3) is 3.73. The van der Waals surface area contributed by atoms with Gasteiger partial charge >= 0.3 is 7.12 Å². The lowest BCUT2D eigenvalue weighted by atomic mass is 9.70. The van der Waals surface area contributed by atoms with Crippen molar-refractivity contribution in [2.45, 2.75) is 88.6 Å². The Morgan fingerprint density at radius 3 is 2.24 bits per heavy atom. The van der Waals surface area contributed by atoms with E-state index in [2.05, 4.69) is 79.4 Å². The Balaban J connectivity index is 1.20. The van der Waals surface area contributed by atoms with Crippen LogP contribution in [0.1, 0.15) is 88.2 Å². The van der Waals surface area contributed by atoms with Crippen LogP contribution in [0.15, 0.2) is 42.6 Å². The normalized spacial score (nSPS) is 29.3. The Morgan fingerprint density at radius 2 is 1.57 bits per heavy atom. The summed E-state index contributed by atoms with van der Waals surface area (Å²) in [5, 5.41) is 3.20. The maximum Gasteiger partial charge on any atom is 0.495 e. The molecule has 2 aromatic carbocycles. The average molecular weight is 499 g/mol. The van der Waals surface area contributed by atoms with Crippen molar-refractivity contribution in [3.8, 4) is 22.4 Å². The molecule has 7 rings (SSSR count). The summed E-state index contributed by atoms with van der Waals surface area (Å²) in [7, 11) is -0.314. The molecule has 0 amide bonds. The number of nitrogens with zero attached hydrogens (tertiary/aromatic N) is 1. The summed E-state index contributed by atoms with van der Waals surface area (Å²) in [5.74, 6) is 2.03. The summed E-state index contributed by atoms with van der Waals surface area (Å²) in [5.41, 5.74) is 8.15. The van der Waals surface area contributed by atoms with Crippen molar-refractivity contribution >= 4 is 12.6 Å². The minimum atomic E-state index is -0.800. The van der Waals surface area contributed by atoms with Crippen LogP contribution in [0.25, 0.3) is 22.4 Å². The lowest BCUT2D eigenvalue weighted by Gasteiger charge is -2.32. The van der Waals surface area contributed by atoms with Gasteiger partial charge < -0.3 is 19.6 Å². The van der Waals surface area contributed by atoms with Gasteiger partial charge in [0.05, 0.1) is 29.1 Å². The summed E-state index contributed by atoms with van der Waals surface area (Å²) >= 11 is 0. The standard InChI is InChI=1S/C30H35BFN3O2/c1-29(2)30(3,4)37-31(36-29)23-12-11-22(26-19-9-10-20(13-19)27(23)26)17-5-7-18(8-6-17)25-16-34-28(35-25)24-14-21(32)15-33-24/h5-8,11-12,16,19-21,24,33H,9-10,13-15H2,1-4H3,(H,34,35). The molecular formula is C30H35BFN3O2. The molecule has 4 atom stereocenters. The van der Waals surface area contributed by atoms with Crippen molar-refractivity contribution in [3.63, 3.8) is 0 Å². The van der Waals surface area contributed by atoms with Crippen LogP contribution in [-0.2, 0) is 9.31 Å². The van der Waals surface area contributed by atoms with E-state index in [1.165, 1.54) is 47.0 Å². The van der Waals surface area contributed by atoms with E-state index in [1.54, 1.807) is 0 Å². The molecule has 5 nitrogen and oxygen atoms in total. The molecule has 0 radical (unpaired) electrons. The molecule has 2 aliphatic carbocycles. The first-order valence-electron chi connectivity index (χ1n) is 13.8. The molecule has 2 aliphatic heterocycles. The molecule has 4 aliphatic rings. The minimum Gasteiger partial charge on any atom is -0.399 e. The number of aromatic nitrogens is 2. The number of hydrogen-bond acceptors (Lipinski definition) is 4. The van der Waals surface area contributed by atoms with Gasteiger partial charge in [0.1, 0.15) is 12.0 Å². The number of H-pyrrole nitrogens is 1. The summed E-state index contributed by atoms with van der Waals surface area (Å²) in [4.78, 5) is 7.92. The number of rotatable bonds is 4. The average Bonchev–Trinajstić information content (AvgIpc) is 3.68. The van der Waals surface area contributed by atoms with Crippen molar-refractivity contribution in [1.29, 1.82) is 0 Å². The Morgan fingerprint density at radius 1 is 0.892 bits per heavy atom. The molecule has 2 bridgehead atoms. The van der Waals surface area contributed by atoms with E-state index < -0.39 is 6.17 Å². The Hall–Kier alpha value is -2.48. The van der Waals surface area contributed by atoms with E-state index in [1.807, 2.05) is 6.20 Å². The third-order valence-corrected chi connectivity index (χ3v) is 9.59. The van der Waals surface area contributed by atoms with Crippen molar-refractivity contribution in [1.82, 2.24) is 15.3 Å². The van der Waals surface area contributed by atoms with Gasteiger partial charge in [-0.3, -0.25) is 0 Å². The SMILES string of the molecule is CC1(C)OB(c2ccc(-c3ccc(-c4cnc(C5CC(F)CN5)[nH]4)cc3)c3c2C2CCC3C2)OC1(C)C. The van der Waals surface area contributed by atoms with E-state index >= 15 is 0 Å². The number of imidazole rings is 1. The maximum absolute atomic E-state index is 13.6. The van der Waals surface area contributed by atoms with E-state index in [-0.39, 0.29) is 24.4 Å². The minimum absolute atomic E-state index is 0.0384. The fourth-order valence-corrected chi connectivity index (χ4v) is 6.87. The van der Waals surface area contributed by atoms with Gasteiger partial charge in [-0.1, -0.05) is 36.4 Å². The Labute approximate surface area is 218 Å². The van der Waals surface area contributed by atoms with Gasteiger partial charge in [-0.15, -0.1) is 0 Å². The van der Waals surface area contributed by atoms with Crippen LogP contribution in [0.3, 0.4) is 0 Å². The molecule has 3 heterocycles. The molecule has 3 fully saturated rings. The van der Waals surface area contributed by atoms with Crippen molar-refractivity contribution in [2.75, 3.05) is 6.54 Å². The van der Waals surface area contributed by atoms with Crippen LogP contribution in [0.2, 0.25) is 0 Å². The number of fused-ring (bicyclic) bond motifs is 5. The van der Waals surface area contributed by atoms with Gasteiger partial charge in [-0.25, -0.2) is 9.37 Å². The molecule has 7 heteroatoms. The zero-order valence-corrected chi connectivity index (χ0v) is 22.1. The van der Waals surface area contributed by atoms with Crippen LogP contribution < -0.4 is 10.8 Å². The van der Waals surface area contributed by atoms with Crippen LogP contribution in [0.5, 0.6) is 0 Å². The van der Waals surface area contributed by atoms with Gasteiger partial charge in [0.25, 0.3) is 0 Å². The van der Waals surface area contributed by atoms with Crippen LogP contribution in [0.4, 0.5) is 4.39 Å². The molecule has 1 saturated carbocycles. The smallest absolute Gasteiger partial charge is 0.399 e. The molecule has 0 spiro atoms. The predicted octanol–water partition coefficient (Wildman–Crippen LogP) is 5.78. The Kier molecular flexibility index (Phi) is 5.27. The van der Waals surface area contributed by atoms with Gasteiger partial charge in [0, 0.05) is 13.0 Å². The second kappa shape index (κ2) is 8.26. The van der Waals surface area contributed by atoms with Crippen molar-refractivity contribution < 1.29 is 13.7 Å². The first-order chi connectivity index (χ1) is 17.7. The highest BCUT2D eigenvalue weighted by Crippen LogP contribution is 2.55. The second-order valence-corrected chi connectivity index (χ2v) is 12.4. The highest BCUT2D eigenvalue weighted by atomic mass is 19.1. The van der Waals surface area contributed by atoms with Crippen molar-refractivity contribution in [3.05, 3.63) is 59.5 Å². The summed E-state index contributed by atoms with van der Waals surface area (Å²) in [6.45, 7) is 8.90. The highest BCUT2D eigenvalue weighted by molar-refractivity contribution is 6.62. The molecule has 4 unspecified atom stereocenters. The quantitative estimate of drug-likeness (QED) is 0.447. The van der Waals surface area contributed by atoms with Gasteiger partial charge in [0.15, 0.2) is 0 Å². The van der Waals surface area contributed by atoms with Gasteiger partial charge in [0.2, 0.25) is 0 Å². The maximum atomic E-state index is 13.6. The molecule has 2 N–H and O–H groups in total. The number of halogens is 1. The summed E-state index contributed by atoms with van der Waals surface area (Å²) in [6.07, 6.45) is 5.29.